The summed E-state index contributed by atoms with van der Waals surface area (Å²) in [6.45, 7) is 11.1. The minimum atomic E-state index is -1.03. The summed E-state index contributed by atoms with van der Waals surface area (Å²) in [5, 5.41) is 15.4. The van der Waals surface area contributed by atoms with Gasteiger partial charge in [0.05, 0.1) is 23.8 Å². The van der Waals surface area contributed by atoms with Gasteiger partial charge < -0.3 is 30.3 Å². The molecule has 10 nitrogen and oxygen atoms in total. The lowest BCUT2D eigenvalue weighted by Crippen LogP contribution is -2.37. The maximum Gasteiger partial charge on any atom is 0.305 e. The molecule has 2 atom stereocenters. The van der Waals surface area contributed by atoms with Gasteiger partial charge in [-0.05, 0) is 55.4 Å². The predicted molar refractivity (Wildman–Crippen MR) is 165 cm³/mol. The number of hydrogen-bond donors (Lipinski definition) is 3. The van der Waals surface area contributed by atoms with Gasteiger partial charge in [0.15, 0.2) is 0 Å². The van der Waals surface area contributed by atoms with E-state index in [2.05, 4.69) is 36.3 Å². The highest BCUT2D eigenvalue weighted by Crippen LogP contribution is 2.30. The fourth-order valence-electron chi connectivity index (χ4n) is 5.49. The molecule has 2 unspecified atom stereocenters. The number of aliphatic carboxylic acids is 1. The van der Waals surface area contributed by atoms with Gasteiger partial charge >= 0.3 is 5.97 Å². The molecule has 0 radical (unpaired) electrons. The van der Waals surface area contributed by atoms with E-state index in [4.69, 9.17) is 4.74 Å². The van der Waals surface area contributed by atoms with Crippen LogP contribution in [0.25, 0.3) is 0 Å². The third-order valence-electron chi connectivity index (χ3n) is 7.77. The lowest BCUT2D eigenvalue weighted by atomic mass is 9.91. The first-order chi connectivity index (χ1) is 20.4. The summed E-state index contributed by atoms with van der Waals surface area (Å²) in [5.41, 5.74) is 3.16. The molecular weight excluding hydrogens is 548 g/mol. The number of rotatable bonds is 9. The maximum atomic E-state index is 13.4. The molecule has 0 saturated carbocycles. The Morgan fingerprint density at radius 3 is 2.40 bits per heavy atom. The monoisotopic (exact) mass is 592 g/mol. The van der Waals surface area contributed by atoms with Crippen molar-refractivity contribution in [3.63, 3.8) is 0 Å². The summed E-state index contributed by atoms with van der Waals surface area (Å²) in [7, 11) is 0. The van der Waals surface area contributed by atoms with E-state index in [-0.39, 0.29) is 23.7 Å². The topological polar surface area (TPSA) is 128 Å². The second-order valence-corrected chi connectivity index (χ2v) is 12.7. The number of benzene rings is 2. The van der Waals surface area contributed by atoms with Gasteiger partial charge in [-0.3, -0.25) is 19.2 Å². The van der Waals surface area contributed by atoms with Gasteiger partial charge in [0.1, 0.15) is 6.10 Å². The number of amides is 3. The number of ether oxygens (including phenoxy) is 1. The van der Waals surface area contributed by atoms with Crippen LogP contribution < -0.4 is 15.5 Å². The van der Waals surface area contributed by atoms with Crippen LogP contribution in [0.2, 0.25) is 0 Å². The van der Waals surface area contributed by atoms with Crippen LogP contribution in [0.4, 0.5) is 11.4 Å². The molecule has 2 heterocycles. The Hall–Kier alpha value is -3.92. The smallest absolute Gasteiger partial charge is 0.305 e. The second-order valence-electron chi connectivity index (χ2n) is 12.7. The molecule has 0 bridgehead atoms. The third-order valence-corrected chi connectivity index (χ3v) is 7.77. The van der Waals surface area contributed by atoms with E-state index in [1.165, 1.54) is 0 Å². The molecule has 2 saturated heterocycles. The van der Waals surface area contributed by atoms with E-state index >= 15 is 0 Å². The van der Waals surface area contributed by atoms with Gasteiger partial charge in [-0.25, -0.2) is 0 Å². The molecule has 2 aliphatic heterocycles. The van der Waals surface area contributed by atoms with E-state index in [9.17, 15) is 24.3 Å². The molecule has 2 aromatic rings. The Kier molecular flexibility index (Phi) is 10.4. The van der Waals surface area contributed by atoms with Crippen molar-refractivity contribution in [2.24, 2.45) is 5.41 Å². The van der Waals surface area contributed by atoms with Crippen LogP contribution in [0.15, 0.2) is 42.5 Å². The van der Waals surface area contributed by atoms with Gasteiger partial charge in [-0.1, -0.05) is 50.6 Å². The number of aryl methyl sites for hydroxylation is 1. The van der Waals surface area contributed by atoms with Crippen LogP contribution in [0.5, 0.6) is 0 Å². The van der Waals surface area contributed by atoms with Gasteiger partial charge in [-0.2, -0.15) is 0 Å². The Morgan fingerprint density at radius 2 is 1.74 bits per heavy atom. The van der Waals surface area contributed by atoms with E-state index in [0.29, 0.717) is 62.4 Å². The summed E-state index contributed by atoms with van der Waals surface area (Å²) in [5.74, 6) is -1.60. The fourth-order valence-corrected chi connectivity index (χ4v) is 5.49. The van der Waals surface area contributed by atoms with Crippen molar-refractivity contribution in [1.29, 1.82) is 0 Å². The fraction of sp³-hybridized carbons (Fsp3) is 0.515. The molecule has 4 rings (SSSR count). The lowest BCUT2D eigenvalue weighted by molar-refractivity contribution is -0.137. The van der Waals surface area contributed by atoms with Crippen LogP contribution in [-0.2, 0) is 19.1 Å². The first-order valence-corrected chi connectivity index (χ1v) is 15.1. The van der Waals surface area contributed by atoms with Crippen molar-refractivity contribution in [2.75, 3.05) is 43.0 Å². The van der Waals surface area contributed by atoms with Crippen molar-refractivity contribution in [3.8, 4) is 0 Å². The molecule has 0 spiro atoms. The van der Waals surface area contributed by atoms with E-state index in [0.717, 1.165) is 24.1 Å². The first kappa shape index (κ1) is 32.0. The molecule has 2 aliphatic rings. The number of nitrogens with zero attached hydrogens (tertiary/aromatic N) is 2. The summed E-state index contributed by atoms with van der Waals surface area (Å²) in [6.07, 6.45) is 1.86. The molecular formula is C33H44N4O6. The molecule has 0 aromatic heterocycles. The quantitative estimate of drug-likeness (QED) is 0.390. The zero-order valence-corrected chi connectivity index (χ0v) is 25.7. The minimum absolute atomic E-state index is 0.0951. The molecule has 3 amide bonds. The summed E-state index contributed by atoms with van der Waals surface area (Å²) >= 11 is 0. The van der Waals surface area contributed by atoms with Crippen molar-refractivity contribution >= 4 is 35.1 Å². The molecule has 232 valence electrons. The maximum absolute atomic E-state index is 13.4. The lowest BCUT2D eigenvalue weighted by Gasteiger charge is -2.28. The number of anilines is 2. The summed E-state index contributed by atoms with van der Waals surface area (Å²) in [4.78, 5) is 55.1. The number of carboxylic acids is 1. The zero-order chi connectivity index (χ0) is 31.1. The van der Waals surface area contributed by atoms with Crippen molar-refractivity contribution in [1.82, 2.24) is 10.2 Å². The first-order valence-electron chi connectivity index (χ1n) is 15.1. The largest absolute Gasteiger partial charge is 0.481 e. The molecule has 0 aliphatic carbocycles. The van der Waals surface area contributed by atoms with Crippen LogP contribution in [0.1, 0.15) is 80.4 Å². The Bertz CT molecular complexity index is 1310. The number of nitrogens with one attached hydrogen (secondary N) is 2. The van der Waals surface area contributed by atoms with Crippen molar-refractivity contribution < 1.29 is 29.0 Å². The SMILES string of the molecule is Cc1ccc(C(CC(=O)O)NC(=O)c2ccc(N3CCCN(C(=O)CC(C)(C)C)CC3)c(NC(=O)C3CCCO3)c2)cc1. The third kappa shape index (κ3) is 9.03. The normalized spacial score (nSPS) is 18.1. The number of hydrogen-bond acceptors (Lipinski definition) is 6. The molecule has 2 aromatic carbocycles. The number of carbonyl (C=O) groups excluding carboxylic acids is 3. The highest BCUT2D eigenvalue weighted by molar-refractivity contribution is 6.01. The van der Waals surface area contributed by atoms with Gasteiger partial charge in [0.25, 0.3) is 11.8 Å². The van der Waals surface area contributed by atoms with E-state index < -0.39 is 24.0 Å². The average Bonchev–Trinajstić information content (AvgIpc) is 3.37. The van der Waals surface area contributed by atoms with E-state index in [1.807, 2.05) is 42.2 Å². The molecule has 10 heteroatoms. The number of carboxylic acid groups (broad SMARTS) is 1. The van der Waals surface area contributed by atoms with Gasteiger partial charge in [0, 0.05) is 44.8 Å². The highest BCUT2D eigenvalue weighted by atomic mass is 16.5. The Labute approximate surface area is 253 Å². The standard InChI is InChI=1S/C33H44N4O6/c1-22-8-10-23(11-9-22)25(20-30(39)40)34-31(41)24-12-13-27(26(19-24)35-32(42)28-7-5-18-43-28)36-14-6-15-37(17-16-36)29(38)21-33(2,3)4/h8-13,19,25,28H,5-7,14-18,20-21H2,1-4H3,(H,34,41)(H,35,42)(H,39,40). The minimum Gasteiger partial charge on any atom is -0.481 e. The van der Waals surface area contributed by atoms with Crippen molar-refractivity contribution in [2.45, 2.75) is 71.9 Å². The molecule has 43 heavy (non-hydrogen) atoms. The van der Waals surface area contributed by atoms with Crippen LogP contribution in [0, 0.1) is 12.3 Å². The Morgan fingerprint density at radius 1 is 1.00 bits per heavy atom. The van der Waals surface area contributed by atoms with Crippen LogP contribution in [0.3, 0.4) is 0 Å². The van der Waals surface area contributed by atoms with Crippen LogP contribution >= 0.6 is 0 Å². The Balaban J connectivity index is 1.57. The van der Waals surface area contributed by atoms with Gasteiger partial charge in [0.2, 0.25) is 5.91 Å². The van der Waals surface area contributed by atoms with Gasteiger partial charge in [-0.15, -0.1) is 0 Å². The van der Waals surface area contributed by atoms with Crippen LogP contribution in [-0.4, -0.2) is 72.6 Å². The predicted octanol–water partition coefficient (Wildman–Crippen LogP) is 4.53. The summed E-state index contributed by atoms with van der Waals surface area (Å²) < 4.78 is 5.59. The zero-order valence-electron chi connectivity index (χ0n) is 25.7. The average molecular weight is 593 g/mol. The molecule has 3 N–H and O–H groups in total. The second kappa shape index (κ2) is 14.0. The number of carbonyl (C=O) groups is 4. The molecule has 2 fully saturated rings. The highest BCUT2D eigenvalue weighted by Gasteiger charge is 2.28. The van der Waals surface area contributed by atoms with E-state index in [1.54, 1.807) is 12.1 Å². The summed E-state index contributed by atoms with van der Waals surface area (Å²) in [6, 6.07) is 11.8. The van der Waals surface area contributed by atoms with Crippen molar-refractivity contribution in [3.05, 3.63) is 59.2 Å².